The Kier molecular flexibility index (Phi) is 6.63. The van der Waals surface area contributed by atoms with Crippen LogP contribution in [-0.4, -0.2) is 45.3 Å². The Balaban J connectivity index is 1.81. The number of primary amides is 1. The molecule has 0 atom stereocenters. The van der Waals surface area contributed by atoms with Gasteiger partial charge in [0.1, 0.15) is 6.61 Å². The van der Waals surface area contributed by atoms with Crippen molar-refractivity contribution >= 4 is 11.5 Å². The molecule has 1 aliphatic carbocycles. The highest BCUT2D eigenvalue weighted by atomic mass is 19.4. The number of aromatic nitrogens is 3. The number of halogens is 7. The molecule has 1 amide bonds. The lowest BCUT2D eigenvalue weighted by Crippen LogP contribution is -2.54. The molecule has 0 fully saturated rings. The van der Waals surface area contributed by atoms with Crippen molar-refractivity contribution < 1.29 is 40.3 Å². The van der Waals surface area contributed by atoms with E-state index in [4.69, 9.17) is 5.73 Å². The highest BCUT2D eigenvalue weighted by Gasteiger charge is 2.72. The zero-order valence-corrected chi connectivity index (χ0v) is 16.8. The van der Waals surface area contributed by atoms with E-state index in [9.17, 15) is 35.5 Å². The van der Waals surface area contributed by atoms with Crippen molar-refractivity contribution in [1.82, 2.24) is 14.8 Å². The number of benzene rings is 1. The van der Waals surface area contributed by atoms with Gasteiger partial charge >= 0.3 is 18.0 Å². The first kappa shape index (κ1) is 24.4. The number of ether oxygens (including phenoxy) is 1. The normalized spacial score (nSPS) is 14.9. The van der Waals surface area contributed by atoms with Crippen LogP contribution in [0.25, 0.3) is 11.3 Å². The van der Waals surface area contributed by atoms with Gasteiger partial charge in [0.05, 0.1) is 12.3 Å². The fourth-order valence-corrected chi connectivity index (χ4v) is 2.94. The summed E-state index contributed by atoms with van der Waals surface area (Å²) in [6, 6.07) is 5.74. The van der Waals surface area contributed by atoms with Crippen LogP contribution in [0.15, 0.2) is 42.5 Å². The van der Waals surface area contributed by atoms with E-state index < -0.39 is 37.1 Å². The fourth-order valence-electron chi connectivity index (χ4n) is 2.94. The Morgan fingerprint density at radius 1 is 1.12 bits per heavy atom. The van der Waals surface area contributed by atoms with E-state index in [0.29, 0.717) is 11.3 Å². The number of hydrogen-bond acceptors (Lipinski definition) is 4. The lowest BCUT2D eigenvalue weighted by molar-refractivity contribution is -0.361. The third-order valence-electron chi connectivity index (χ3n) is 4.60. The molecule has 1 aromatic carbocycles. The molecule has 1 aliphatic rings. The van der Waals surface area contributed by atoms with Crippen LogP contribution in [0.4, 0.5) is 30.7 Å². The lowest BCUT2D eigenvalue weighted by Gasteiger charge is -2.27. The van der Waals surface area contributed by atoms with Crippen molar-refractivity contribution in [3.8, 4) is 5.69 Å². The van der Waals surface area contributed by atoms with Gasteiger partial charge in [0.2, 0.25) is 5.82 Å². The first-order valence-corrected chi connectivity index (χ1v) is 9.47. The summed E-state index contributed by atoms with van der Waals surface area (Å²) >= 11 is 0. The van der Waals surface area contributed by atoms with Gasteiger partial charge in [0.25, 0.3) is 5.91 Å². The molecule has 1 heterocycles. The molecular weight excluding hydrogens is 461 g/mol. The van der Waals surface area contributed by atoms with E-state index in [1.54, 1.807) is 6.08 Å². The van der Waals surface area contributed by atoms with Crippen LogP contribution in [0.3, 0.4) is 0 Å². The number of carbonyl (C=O) groups excluding carboxylic acids is 1. The maximum atomic E-state index is 13.4. The highest BCUT2D eigenvalue weighted by molar-refractivity contribution is 5.89. The van der Waals surface area contributed by atoms with Gasteiger partial charge in [-0.1, -0.05) is 30.4 Å². The predicted molar refractivity (Wildman–Crippen MR) is 102 cm³/mol. The zero-order valence-electron chi connectivity index (χ0n) is 16.8. The highest BCUT2D eigenvalue weighted by Crippen LogP contribution is 2.46. The molecule has 0 saturated carbocycles. The van der Waals surface area contributed by atoms with Gasteiger partial charge in [-0.2, -0.15) is 30.7 Å². The summed E-state index contributed by atoms with van der Waals surface area (Å²) in [6.45, 7) is -2.84. The number of amides is 1. The maximum absolute atomic E-state index is 13.4. The van der Waals surface area contributed by atoms with Crippen LogP contribution in [-0.2, 0) is 11.3 Å². The maximum Gasteiger partial charge on any atom is 0.459 e. The van der Waals surface area contributed by atoms with Crippen LogP contribution in [0.2, 0.25) is 0 Å². The minimum Gasteiger partial charge on any atom is -0.370 e. The molecule has 13 heteroatoms. The van der Waals surface area contributed by atoms with Crippen molar-refractivity contribution in [2.24, 2.45) is 5.73 Å². The molecule has 2 N–H and O–H groups in total. The molecule has 6 nitrogen and oxygen atoms in total. The SMILES string of the molecule is NC(=O)c1nc(C2=CCCC=C2)n(-c2cccc(COCC(F)(F)C(F)(F)C(F)(F)F)c2)n1. The fraction of sp³-hybridized carbons (Fsp3) is 0.350. The van der Waals surface area contributed by atoms with Gasteiger partial charge in [-0.25, -0.2) is 9.67 Å². The van der Waals surface area contributed by atoms with Crippen molar-refractivity contribution in [2.45, 2.75) is 37.5 Å². The third-order valence-corrected chi connectivity index (χ3v) is 4.60. The molecule has 0 aliphatic heterocycles. The van der Waals surface area contributed by atoms with Gasteiger partial charge in [0, 0.05) is 5.57 Å². The van der Waals surface area contributed by atoms with Crippen LogP contribution in [0.1, 0.15) is 34.8 Å². The van der Waals surface area contributed by atoms with Gasteiger partial charge in [-0.3, -0.25) is 4.79 Å². The summed E-state index contributed by atoms with van der Waals surface area (Å²) in [5.74, 6) is -12.6. The molecule has 0 radical (unpaired) electrons. The Labute approximate surface area is 182 Å². The summed E-state index contributed by atoms with van der Waals surface area (Å²) in [5, 5.41) is 4.05. The predicted octanol–water partition coefficient (Wildman–Crippen LogP) is 4.45. The average Bonchev–Trinajstić information content (AvgIpc) is 3.19. The van der Waals surface area contributed by atoms with Crippen LogP contribution in [0.5, 0.6) is 0 Å². The summed E-state index contributed by atoms with van der Waals surface area (Å²) in [5.41, 5.74) is 6.39. The van der Waals surface area contributed by atoms with E-state index in [1.165, 1.54) is 28.9 Å². The first-order valence-electron chi connectivity index (χ1n) is 9.47. The van der Waals surface area contributed by atoms with E-state index in [0.717, 1.165) is 12.8 Å². The Bertz CT molecular complexity index is 1090. The second-order valence-corrected chi connectivity index (χ2v) is 7.11. The van der Waals surface area contributed by atoms with Gasteiger partial charge in [-0.05, 0) is 30.5 Å². The molecule has 2 aromatic rings. The second-order valence-electron chi connectivity index (χ2n) is 7.11. The Morgan fingerprint density at radius 3 is 2.45 bits per heavy atom. The minimum absolute atomic E-state index is 0.175. The van der Waals surface area contributed by atoms with Crippen molar-refractivity contribution in [3.63, 3.8) is 0 Å². The van der Waals surface area contributed by atoms with Gasteiger partial charge in [0.15, 0.2) is 5.82 Å². The number of alkyl halides is 7. The third kappa shape index (κ3) is 5.07. The minimum atomic E-state index is -6.43. The standard InChI is InChI=1S/C20H17F7N4O2/c21-18(22,19(23,24)20(25,26)27)11-33-10-12-5-4-8-14(9-12)31-17(13-6-2-1-3-7-13)29-16(30-31)15(28)32/h2,4-9H,1,3,10-11H2,(H2,28,32). The van der Waals surface area contributed by atoms with Gasteiger partial charge < -0.3 is 10.5 Å². The number of allylic oxidation sites excluding steroid dienone is 4. The summed E-state index contributed by atoms with van der Waals surface area (Å²) in [7, 11) is 0. The monoisotopic (exact) mass is 478 g/mol. The molecule has 178 valence electrons. The number of carbonyl (C=O) groups is 1. The molecule has 33 heavy (non-hydrogen) atoms. The number of nitrogens with two attached hydrogens (primary N) is 1. The topological polar surface area (TPSA) is 83.0 Å². The second kappa shape index (κ2) is 8.96. The van der Waals surface area contributed by atoms with Crippen LogP contribution < -0.4 is 5.73 Å². The number of nitrogens with zero attached hydrogens (tertiary/aromatic N) is 3. The van der Waals surface area contributed by atoms with Crippen LogP contribution in [0, 0.1) is 0 Å². The molecule has 0 bridgehead atoms. The Hall–Kier alpha value is -3.22. The lowest BCUT2D eigenvalue weighted by atomic mass is 10.1. The summed E-state index contributed by atoms with van der Waals surface area (Å²) in [4.78, 5) is 15.7. The molecule has 3 rings (SSSR count). The van der Waals surface area contributed by atoms with Crippen LogP contribution >= 0.6 is 0 Å². The number of rotatable bonds is 8. The molecular formula is C20H17F7N4O2. The number of hydrogen-bond donors (Lipinski definition) is 1. The molecule has 0 saturated heterocycles. The average molecular weight is 478 g/mol. The largest absolute Gasteiger partial charge is 0.459 e. The zero-order chi connectivity index (χ0) is 24.4. The molecule has 0 spiro atoms. The van der Waals surface area contributed by atoms with E-state index in [-0.39, 0.29) is 17.2 Å². The van der Waals surface area contributed by atoms with Crippen molar-refractivity contribution in [1.29, 1.82) is 0 Å². The van der Waals surface area contributed by atoms with E-state index >= 15 is 0 Å². The van der Waals surface area contributed by atoms with Gasteiger partial charge in [-0.15, -0.1) is 5.10 Å². The Morgan fingerprint density at radius 2 is 1.85 bits per heavy atom. The quantitative estimate of drug-likeness (QED) is 0.569. The first-order chi connectivity index (χ1) is 15.3. The molecule has 1 aromatic heterocycles. The van der Waals surface area contributed by atoms with E-state index in [2.05, 4.69) is 14.8 Å². The van der Waals surface area contributed by atoms with E-state index in [1.807, 2.05) is 12.2 Å². The van der Waals surface area contributed by atoms with Crippen molar-refractivity contribution in [2.75, 3.05) is 6.61 Å². The van der Waals surface area contributed by atoms with Crippen molar-refractivity contribution in [3.05, 3.63) is 59.7 Å². The summed E-state index contributed by atoms with van der Waals surface area (Å²) in [6.07, 6.45) is 0.620. The summed E-state index contributed by atoms with van der Waals surface area (Å²) < 4.78 is 95.2. The smallest absolute Gasteiger partial charge is 0.370 e. The molecule has 0 unspecified atom stereocenters.